The lowest BCUT2D eigenvalue weighted by Gasteiger charge is -2.16. The van der Waals surface area contributed by atoms with Crippen molar-refractivity contribution < 1.29 is 13.2 Å². The van der Waals surface area contributed by atoms with Gasteiger partial charge in [0.2, 0.25) is 5.91 Å². The van der Waals surface area contributed by atoms with E-state index in [1.807, 2.05) is 0 Å². The van der Waals surface area contributed by atoms with Gasteiger partial charge < -0.3 is 4.90 Å². The van der Waals surface area contributed by atoms with Gasteiger partial charge in [0.15, 0.2) is 9.84 Å². The number of nitrogens with zero attached hydrogens (tertiary/aromatic N) is 1. The SMILES string of the molecule is CN(C(=O)CS(=O)(=O)c1ccccc1Cl)C1CC1. The molecule has 1 aromatic rings. The highest BCUT2D eigenvalue weighted by Gasteiger charge is 2.32. The quantitative estimate of drug-likeness (QED) is 0.847. The fourth-order valence-electron chi connectivity index (χ4n) is 1.70. The lowest BCUT2D eigenvalue weighted by molar-refractivity contribution is -0.127. The molecule has 2 rings (SSSR count). The summed E-state index contributed by atoms with van der Waals surface area (Å²) in [6, 6.07) is 6.37. The Labute approximate surface area is 111 Å². The van der Waals surface area contributed by atoms with Crippen molar-refractivity contribution in [2.45, 2.75) is 23.8 Å². The van der Waals surface area contributed by atoms with Gasteiger partial charge >= 0.3 is 0 Å². The fourth-order valence-corrected chi connectivity index (χ4v) is 3.53. The lowest BCUT2D eigenvalue weighted by atomic mass is 10.4. The summed E-state index contributed by atoms with van der Waals surface area (Å²) in [7, 11) is -2.02. The number of hydrogen-bond acceptors (Lipinski definition) is 3. The van der Waals surface area contributed by atoms with E-state index in [2.05, 4.69) is 0 Å². The van der Waals surface area contributed by atoms with Gasteiger partial charge in [-0.2, -0.15) is 0 Å². The van der Waals surface area contributed by atoms with E-state index in [1.54, 1.807) is 19.2 Å². The molecule has 0 atom stereocenters. The molecule has 0 heterocycles. The Morgan fingerprint density at radius 1 is 1.39 bits per heavy atom. The van der Waals surface area contributed by atoms with E-state index in [1.165, 1.54) is 17.0 Å². The van der Waals surface area contributed by atoms with E-state index >= 15 is 0 Å². The number of sulfone groups is 1. The van der Waals surface area contributed by atoms with E-state index in [9.17, 15) is 13.2 Å². The van der Waals surface area contributed by atoms with Crippen molar-refractivity contribution in [3.05, 3.63) is 29.3 Å². The molecular formula is C12H14ClNO3S. The second-order valence-corrected chi connectivity index (χ2v) is 6.79. The number of carbonyl (C=O) groups excluding carboxylic acids is 1. The van der Waals surface area contributed by atoms with E-state index in [4.69, 9.17) is 11.6 Å². The van der Waals surface area contributed by atoms with Crippen molar-refractivity contribution in [1.82, 2.24) is 4.90 Å². The maximum atomic E-state index is 12.1. The molecule has 1 aromatic carbocycles. The van der Waals surface area contributed by atoms with Gasteiger partial charge in [-0.25, -0.2) is 8.42 Å². The Bertz CT molecular complexity index is 566. The van der Waals surface area contributed by atoms with Crippen molar-refractivity contribution in [2.75, 3.05) is 12.8 Å². The predicted octanol–water partition coefficient (Wildman–Crippen LogP) is 1.73. The summed E-state index contributed by atoms with van der Waals surface area (Å²) in [5.74, 6) is -0.901. The van der Waals surface area contributed by atoms with Gasteiger partial charge in [-0.15, -0.1) is 0 Å². The minimum atomic E-state index is -3.66. The van der Waals surface area contributed by atoms with Crippen LogP contribution in [0.1, 0.15) is 12.8 Å². The molecule has 0 N–H and O–H groups in total. The zero-order valence-corrected chi connectivity index (χ0v) is 11.5. The van der Waals surface area contributed by atoms with Crippen molar-refractivity contribution in [1.29, 1.82) is 0 Å². The van der Waals surface area contributed by atoms with E-state index < -0.39 is 15.6 Å². The van der Waals surface area contributed by atoms with Gasteiger partial charge in [-0.1, -0.05) is 23.7 Å². The summed E-state index contributed by atoms with van der Waals surface area (Å²) in [6.07, 6.45) is 1.91. The summed E-state index contributed by atoms with van der Waals surface area (Å²) in [5, 5.41) is 0.152. The zero-order valence-electron chi connectivity index (χ0n) is 9.97. The minimum Gasteiger partial charge on any atom is -0.342 e. The van der Waals surface area contributed by atoms with Crippen LogP contribution in [0.2, 0.25) is 5.02 Å². The van der Waals surface area contributed by atoms with E-state index in [-0.39, 0.29) is 21.9 Å². The van der Waals surface area contributed by atoms with Crippen molar-refractivity contribution in [3.8, 4) is 0 Å². The van der Waals surface area contributed by atoms with Gasteiger partial charge in [-0.05, 0) is 25.0 Å². The average Bonchev–Trinajstić information content (AvgIpc) is 3.11. The molecule has 1 saturated carbocycles. The van der Waals surface area contributed by atoms with Crippen LogP contribution < -0.4 is 0 Å². The number of hydrogen-bond donors (Lipinski definition) is 0. The summed E-state index contributed by atoms with van der Waals surface area (Å²) in [6.45, 7) is 0. The molecule has 0 aromatic heterocycles. The lowest BCUT2D eigenvalue weighted by Crippen LogP contribution is -2.34. The normalized spacial score (nSPS) is 15.4. The molecule has 0 radical (unpaired) electrons. The number of halogens is 1. The molecule has 0 saturated heterocycles. The molecule has 1 aliphatic carbocycles. The topological polar surface area (TPSA) is 54.5 Å². The molecule has 4 nitrogen and oxygen atoms in total. The highest BCUT2D eigenvalue weighted by atomic mass is 35.5. The Kier molecular flexibility index (Phi) is 3.64. The van der Waals surface area contributed by atoms with Crippen LogP contribution in [0.3, 0.4) is 0 Å². The summed E-state index contributed by atoms with van der Waals surface area (Å²) < 4.78 is 24.2. The second kappa shape index (κ2) is 4.90. The first kappa shape index (κ1) is 13.4. The van der Waals surface area contributed by atoms with E-state index in [0.717, 1.165) is 12.8 Å². The summed E-state index contributed by atoms with van der Waals surface area (Å²) in [4.78, 5) is 13.4. The van der Waals surface area contributed by atoms with Crippen LogP contribution in [-0.2, 0) is 14.6 Å². The van der Waals surface area contributed by atoms with Crippen LogP contribution in [-0.4, -0.2) is 38.1 Å². The van der Waals surface area contributed by atoms with Gasteiger partial charge in [0.25, 0.3) is 0 Å². The number of rotatable bonds is 4. The monoisotopic (exact) mass is 287 g/mol. The van der Waals surface area contributed by atoms with Gasteiger partial charge in [0.1, 0.15) is 5.75 Å². The number of carbonyl (C=O) groups is 1. The first-order valence-corrected chi connectivity index (χ1v) is 7.68. The Hall–Kier alpha value is -1.07. The van der Waals surface area contributed by atoms with Crippen LogP contribution in [0, 0.1) is 0 Å². The zero-order chi connectivity index (χ0) is 13.3. The van der Waals surface area contributed by atoms with Crippen molar-refractivity contribution in [2.24, 2.45) is 0 Å². The Morgan fingerprint density at radius 3 is 2.56 bits per heavy atom. The molecular weight excluding hydrogens is 274 g/mol. The molecule has 0 spiro atoms. The van der Waals surface area contributed by atoms with Crippen molar-refractivity contribution >= 4 is 27.3 Å². The predicted molar refractivity (Wildman–Crippen MR) is 69.3 cm³/mol. The highest BCUT2D eigenvalue weighted by Crippen LogP contribution is 2.27. The molecule has 0 bridgehead atoms. The number of amides is 1. The molecule has 18 heavy (non-hydrogen) atoms. The molecule has 6 heteroatoms. The average molecular weight is 288 g/mol. The van der Waals surface area contributed by atoms with Crippen LogP contribution in [0.15, 0.2) is 29.2 Å². The molecule has 1 fully saturated rings. The first-order valence-electron chi connectivity index (χ1n) is 5.65. The maximum Gasteiger partial charge on any atom is 0.238 e. The molecule has 0 aliphatic heterocycles. The van der Waals surface area contributed by atoms with Gasteiger partial charge in [0, 0.05) is 13.1 Å². The smallest absolute Gasteiger partial charge is 0.238 e. The van der Waals surface area contributed by atoms with Crippen LogP contribution in [0.5, 0.6) is 0 Å². The first-order chi connectivity index (χ1) is 8.42. The van der Waals surface area contributed by atoms with Crippen molar-refractivity contribution in [3.63, 3.8) is 0 Å². The largest absolute Gasteiger partial charge is 0.342 e. The Balaban J connectivity index is 2.17. The van der Waals surface area contributed by atoms with Crippen LogP contribution in [0.25, 0.3) is 0 Å². The highest BCUT2D eigenvalue weighted by molar-refractivity contribution is 7.92. The minimum absolute atomic E-state index is 0.0178. The van der Waals surface area contributed by atoms with Gasteiger partial charge in [0.05, 0.1) is 9.92 Å². The maximum absolute atomic E-state index is 12.1. The molecule has 0 unspecified atom stereocenters. The van der Waals surface area contributed by atoms with E-state index in [0.29, 0.717) is 0 Å². The van der Waals surface area contributed by atoms with Crippen LogP contribution in [0.4, 0.5) is 0 Å². The van der Waals surface area contributed by atoms with Crippen LogP contribution >= 0.6 is 11.6 Å². The summed E-state index contributed by atoms with van der Waals surface area (Å²) >= 11 is 5.84. The molecule has 1 amide bonds. The molecule has 98 valence electrons. The third-order valence-electron chi connectivity index (χ3n) is 2.97. The third kappa shape index (κ3) is 2.84. The molecule has 1 aliphatic rings. The second-order valence-electron chi connectivity index (χ2n) is 4.43. The summed E-state index contributed by atoms with van der Waals surface area (Å²) in [5.41, 5.74) is 0. The Morgan fingerprint density at radius 2 is 2.00 bits per heavy atom. The number of benzene rings is 1. The third-order valence-corrected chi connectivity index (χ3v) is 5.07. The fraction of sp³-hybridized carbons (Fsp3) is 0.417. The standard InChI is InChI=1S/C12H14ClNO3S/c1-14(9-6-7-9)12(15)8-18(16,17)11-5-3-2-4-10(11)13/h2-5,9H,6-8H2,1H3. The van der Waals surface area contributed by atoms with Gasteiger partial charge in [-0.3, -0.25) is 4.79 Å².